The largest absolute Gasteiger partial charge is 0.481 e. The third kappa shape index (κ3) is 2.39. The molecular formula is C13H22N2O3. The molecule has 102 valence electrons. The highest BCUT2D eigenvalue weighted by molar-refractivity contribution is 5.67. The van der Waals surface area contributed by atoms with Crippen LogP contribution in [0.5, 0.6) is 0 Å². The molecule has 4 fully saturated rings. The highest BCUT2D eigenvalue weighted by atomic mass is 16.5. The molecule has 4 aliphatic heterocycles. The van der Waals surface area contributed by atoms with Crippen LogP contribution in [0, 0.1) is 5.92 Å². The van der Waals surface area contributed by atoms with Crippen LogP contribution in [0.25, 0.3) is 0 Å². The first-order valence-electron chi connectivity index (χ1n) is 7.01. The third-order valence-electron chi connectivity index (χ3n) is 4.73. The zero-order valence-corrected chi connectivity index (χ0v) is 10.8. The highest BCUT2D eigenvalue weighted by Crippen LogP contribution is 2.32. The Hall–Kier alpha value is -0.650. The standard InChI is InChI=1S/C13H22N2O3/c16-13(17)7-11-9-18-6-5-15(11)12-8-14-3-1-10(12)2-4-14/h10-12H,1-9H2,(H,16,17). The minimum absolute atomic E-state index is 0.0711. The number of aliphatic carboxylic acids is 1. The summed E-state index contributed by atoms with van der Waals surface area (Å²) in [6.07, 6.45) is 2.77. The van der Waals surface area contributed by atoms with Crippen molar-refractivity contribution in [2.75, 3.05) is 39.4 Å². The molecule has 4 saturated heterocycles. The molecular weight excluding hydrogens is 232 g/mol. The first kappa shape index (κ1) is 12.4. The van der Waals surface area contributed by atoms with Crippen LogP contribution in [-0.4, -0.2) is 72.4 Å². The van der Waals surface area contributed by atoms with Gasteiger partial charge in [0.1, 0.15) is 0 Å². The van der Waals surface area contributed by atoms with Crippen molar-refractivity contribution in [1.29, 1.82) is 0 Å². The molecule has 0 aromatic carbocycles. The van der Waals surface area contributed by atoms with Gasteiger partial charge in [-0.15, -0.1) is 0 Å². The van der Waals surface area contributed by atoms with Crippen molar-refractivity contribution in [1.82, 2.24) is 9.80 Å². The average molecular weight is 254 g/mol. The van der Waals surface area contributed by atoms with Gasteiger partial charge in [-0.2, -0.15) is 0 Å². The van der Waals surface area contributed by atoms with Gasteiger partial charge in [0.15, 0.2) is 0 Å². The molecule has 2 atom stereocenters. The summed E-state index contributed by atoms with van der Waals surface area (Å²) in [7, 11) is 0. The zero-order valence-electron chi connectivity index (χ0n) is 10.8. The van der Waals surface area contributed by atoms with E-state index in [2.05, 4.69) is 9.80 Å². The Labute approximate surface area is 108 Å². The van der Waals surface area contributed by atoms with Gasteiger partial charge in [-0.25, -0.2) is 0 Å². The van der Waals surface area contributed by atoms with Gasteiger partial charge in [0.05, 0.1) is 19.6 Å². The fourth-order valence-electron chi connectivity index (χ4n) is 3.79. The monoisotopic (exact) mass is 254 g/mol. The molecule has 0 radical (unpaired) electrons. The van der Waals surface area contributed by atoms with Gasteiger partial charge in [-0.3, -0.25) is 9.69 Å². The van der Waals surface area contributed by atoms with Gasteiger partial charge in [0, 0.05) is 25.2 Å². The van der Waals surface area contributed by atoms with Crippen molar-refractivity contribution in [3.05, 3.63) is 0 Å². The van der Waals surface area contributed by atoms with E-state index >= 15 is 0 Å². The Morgan fingerprint density at radius 2 is 2.06 bits per heavy atom. The molecule has 4 heterocycles. The molecule has 0 saturated carbocycles. The van der Waals surface area contributed by atoms with Crippen LogP contribution in [-0.2, 0) is 9.53 Å². The second-order valence-corrected chi connectivity index (χ2v) is 5.77. The summed E-state index contributed by atoms with van der Waals surface area (Å²) in [6, 6.07) is 0.627. The number of morpholine rings is 1. The van der Waals surface area contributed by atoms with Crippen molar-refractivity contribution in [2.45, 2.75) is 31.3 Å². The molecule has 5 nitrogen and oxygen atoms in total. The van der Waals surface area contributed by atoms with E-state index in [0.717, 1.165) is 25.6 Å². The molecule has 0 spiro atoms. The summed E-state index contributed by atoms with van der Waals surface area (Å²) < 4.78 is 5.47. The van der Waals surface area contributed by atoms with Gasteiger partial charge < -0.3 is 14.7 Å². The Kier molecular flexibility index (Phi) is 3.54. The predicted molar refractivity (Wildman–Crippen MR) is 66.5 cm³/mol. The van der Waals surface area contributed by atoms with E-state index in [9.17, 15) is 4.79 Å². The van der Waals surface area contributed by atoms with Gasteiger partial charge >= 0.3 is 5.97 Å². The van der Waals surface area contributed by atoms with Crippen molar-refractivity contribution < 1.29 is 14.6 Å². The fraction of sp³-hybridized carbons (Fsp3) is 0.923. The number of carbonyl (C=O) groups is 1. The zero-order chi connectivity index (χ0) is 12.5. The summed E-state index contributed by atoms with van der Waals surface area (Å²) >= 11 is 0. The molecule has 0 aliphatic carbocycles. The molecule has 0 aromatic heterocycles. The summed E-state index contributed by atoms with van der Waals surface area (Å²) in [5.41, 5.74) is 0. The molecule has 4 rings (SSSR count). The predicted octanol–water partition coefficient (Wildman–Crippen LogP) is 0.256. The molecule has 4 aliphatic rings. The quantitative estimate of drug-likeness (QED) is 0.783. The molecule has 18 heavy (non-hydrogen) atoms. The number of rotatable bonds is 3. The van der Waals surface area contributed by atoms with Crippen molar-refractivity contribution in [3.8, 4) is 0 Å². The van der Waals surface area contributed by atoms with Crippen LogP contribution >= 0.6 is 0 Å². The Morgan fingerprint density at radius 3 is 2.67 bits per heavy atom. The number of hydrogen-bond acceptors (Lipinski definition) is 4. The Bertz CT molecular complexity index is 315. The van der Waals surface area contributed by atoms with Crippen LogP contribution in [0.3, 0.4) is 0 Å². The topological polar surface area (TPSA) is 53.0 Å². The van der Waals surface area contributed by atoms with Gasteiger partial charge in [0.25, 0.3) is 0 Å². The van der Waals surface area contributed by atoms with E-state index in [4.69, 9.17) is 9.84 Å². The summed E-state index contributed by atoms with van der Waals surface area (Å²) in [5, 5.41) is 9.02. The van der Waals surface area contributed by atoms with Crippen LogP contribution in [0.4, 0.5) is 0 Å². The number of nitrogens with zero attached hydrogens (tertiary/aromatic N) is 2. The van der Waals surface area contributed by atoms with Crippen LogP contribution in [0.15, 0.2) is 0 Å². The van der Waals surface area contributed by atoms with Gasteiger partial charge in [0.2, 0.25) is 0 Å². The number of piperidine rings is 3. The second-order valence-electron chi connectivity index (χ2n) is 5.77. The second kappa shape index (κ2) is 5.15. The maximum Gasteiger partial charge on any atom is 0.305 e. The molecule has 0 amide bonds. The summed E-state index contributed by atoms with van der Waals surface area (Å²) in [6.45, 7) is 5.81. The lowest BCUT2D eigenvalue weighted by Gasteiger charge is -2.52. The SMILES string of the molecule is O=C(O)CC1COCCN1C1CN2CCC1CC2. The number of ether oxygens (including phenoxy) is 1. The summed E-state index contributed by atoms with van der Waals surface area (Å²) in [4.78, 5) is 15.9. The minimum atomic E-state index is -0.711. The van der Waals surface area contributed by atoms with E-state index < -0.39 is 5.97 Å². The van der Waals surface area contributed by atoms with E-state index in [1.807, 2.05) is 0 Å². The number of fused-ring (bicyclic) bond motifs is 3. The molecule has 2 unspecified atom stereocenters. The number of hydrogen-bond donors (Lipinski definition) is 1. The maximum atomic E-state index is 11.0. The van der Waals surface area contributed by atoms with Crippen LogP contribution < -0.4 is 0 Å². The van der Waals surface area contributed by atoms with Crippen molar-refractivity contribution in [3.63, 3.8) is 0 Å². The maximum absolute atomic E-state index is 11.0. The van der Waals surface area contributed by atoms with Crippen molar-refractivity contribution in [2.24, 2.45) is 5.92 Å². The summed E-state index contributed by atoms with van der Waals surface area (Å²) in [5.74, 6) is 0.0566. The van der Waals surface area contributed by atoms with E-state index in [0.29, 0.717) is 12.6 Å². The highest BCUT2D eigenvalue weighted by Gasteiger charge is 2.41. The minimum Gasteiger partial charge on any atom is -0.481 e. The van der Waals surface area contributed by atoms with Crippen LogP contribution in [0.1, 0.15) is 19.3 Å². The molecule has 5 heteroatoms. The molecule has 1 N–H and O–H groups in total. The average Bonchev–Trinajstić information content (AvgIpc) is 2.40. The van der Waals surface area contributed by atoms with Crippen molar-refractivity contribution >= 4 is 5.97 Å². The number of carboxylic acid groups (broad SMARTS) is 1. The first-order chi connectivity index (χ1) is 8.74. The Balaban J connectivity index is 1.70. The lowest BCUT2D eigenvalue weighted by Crippen LogP contribution is -2.62. The Morgan fingerprint density at radius 1 is 1.28 bits per heavy atom. The smallest absolute Gasteiger partial charge is 0.305 e. The molecule has 0 aromatic rings. The lowest BCUT2D eigenvalue weighted by molar-refractivity contribution is -0.142. The first-order valence-corrected chi connectivity index (χ1v) is 7.01. The fourth-order valence-corrected chi connectivity index (χ4v) is 3.79. The van der Waals surface area contributed by atoms with E-state index in [1.165, 1.54) is 25.9 Å². The van der Waals surface area contributed by atoms with Gasteiger partial charge in [-0.05, 0) is 31.8 Å². The van der Waals surface area contributed by atoms with Gasteiger partial charge in [-0.1, -0.05) is 0 Å². The lowest BCUT2D eigenvalue weighted by atomic mass is 9.82. The molecule has 2 bridgehead atoms. The van der Waals surface area contributed by atoms with E-state index in [-0.39, 0.29) is 12.5 Å². The number of carboxylic acids is 1. The normalized spacial score (nSPS) is 40.9. The van der Waals surface area contributed by atoms with E-state index in [1.54, 1.807) is 0 Å². The van der Waals surface area contributed by atoms with Crippen LogP contribution in [0.2, 0.25) is 0 Å². The third-order valence-corrected chi connectivity index (χ3v) is 4.73.